The van der Waals surface area contributed by atoms with Crippen molar-refractivity contribution in [3.8, 4) is 5.69 Å². The Labute approximate surface area is 96.8 Å². The van der Waals surface area contributed by atoms with Gasteiger partial charge in [0.05, 0.1) is 11.3 Å². The molecule has 0 aliphatic carbocycles. The van der Waals surface area contributed by atoms with Crippen LogP contribution in [0, 0.1) is 12.7 Å². The van der Waals surface area contributed by atoms with Crippen molar-refractivity contribution in [2.45, 2.75) is 6.92 Å². The van der Waals surface area contributed by atoms with Crippen molar-refractivity contribution in [2.75, 3.05) is 5.73 Å². The summed E-state index contributed by atoms with van der Waals surface area (Å²) in [6, 6.07) is 4.08. The maximum Gasteiger partial charge on any atom is 0.250 e. The fraction of sp³-hybridized carbons (Fsp3) is 0.0909. The molecule has 2 aromatic rings. The standard InChI is InChI=1S/C11H11FN4O/c1-6-2-3-16(15-6)10-4-7(11(14)17)9(13)5-8(10)12/h2-5H,13H2,1H3,(H2,14,17). The van der Waals surface area contributed by atoms with Crippen molar-refractivity contribution in [1.29, 1.82) is 0 Å². The first-order valence-electron chi connectivity index (χ1n) is 4.90. The number of hydrogen-bond acceptors (Lipinski definition) is 3. The largest absolute Gasteiger partial charge is 0.398 e. The fourth-order valence-corrected chi connectivity index (χ4v) is 1.52. The summed E-state index contributed by atoms with van der Waals surface area (Å²) in [4.78, 5) is 11.1. The minimum absolute atomic E-state index is 0.0163. The Hall–Kier alpha value is -2.37. The molecule has 1 heterocycles. The normalized spacial score (nSPS) is 10.5. The molecule has 1 aromatic heterocycles. The van der Waals surface area contributed by atoms with Crippen LogP contribution in [0.3, 0.4) is 0 Å². The molecule has 0 saturated carbocycles. The lowest BCUT2D eigenvalue weighted by molar-refractivity contribution is 0.100. The zero-order valence-electron chi connectivity index (χ0n) is 9.14. The number of carbonyl (C=O) groups is 1. The van der Waals surface area contributed by atoms with E-state index in [0.29, 0.717) is 0 Å². The van der Waals surface area contributed by atoms with Crippen molar-refractivity contribution in [3.63, 3.8) is 0 Å². The maximum absolute atomic E-state index is 13.7. The van der Waals surface area contributed by atoms with E-state index in [9.17, 15) is 9.18 Å². The van der Waals surface area contributed by atoms with E-state index in [2.05, 4.69) is 5.10 Å². The Morgan fingerprint density at radius 2 is 2.18 bits per heavy atom. The van der Waals surface area contributed by atoms with Gasteiger partial charge in [0.2, 0.25) is 0 Å². The lowest BCUT2D eigenvalue weighted by Crippen LogP contribution is -2.15. The minimum atomic E-state index is -0.701. The van der Waals surface area contributed by atoms with Gasteiger partial charge in [0, 0.05) is 11.9 Å². The molecule has 4 N–H and O–H groups in total. The second-order valence-corrected chi connectivity index (χ2v) is 3.66. The zero-order chi connectivity index (χ0) is 12.6. The summed E-state index contributed by atoms with van der Waals surface area (Å²) in [6.07, 6.45) is 1.59. The van der Waals surface area contributed by atoms with Crippen molar-refractivity contribution in [3.05, 3.63) is 41.5 Å². The van der Waals surface area contributed by atoms with Gasteiger partial charge in [-0.3, -0.25) is 4.79 Å². The second kappa shape index (κ2) is 3.89. The van der Waals surface area contributed by atoms with E-state index in [4.69, 9.17) is 11.5 Å². The molecule has 1 amide bonds. The fourth-order valence-electron chi connectivity index (χ4n) is 1.52. The minimum Gasteiger partial charge on any atom is -0.398 e. The average Bonchev–Trinajstić information content (AvgIpc) is 2.64. The first-order chi connectivity index (χ1) is 7.99. The predicted molar refractivity (Wildman–Crippen MR) is 61.2 cm³/mol. The molecule has 0 fully saturated rings. The third-order valence-corrected chi connectivity index (χ3v) is 2.35. The lowest BCUT2D eigenvalue weighted by atomic mass is 10.1. The summed E-state index contributed by atoms with van der Waals surface area (Å²) in [5.41, 5.74) is 11.6. The number of amides is 1. The van der Waals surface area contributed by atoms with E-state index in [0.717, 1.165) is 11.8 Å². The summed E-state index contributed by atoms with van der Waals surface area (Å²) >= 11 is 0. The van der Waals surface area contributed by atoms with Crippen LogP contribution in [0.1, 0.15) is 16.1 Å². The Morgan fingerprint density at radius 3 is 2.71 bits per heavy atom. The van der Waals surface area contributed by atoms with Gasteiger partial charge in [0.15, 0.2) is 5.82 Å². The highest BCUT2D eigenvalue weighted by Gasteiger charge is 2.13. The number of benzene rings is 1. The first-order valence-corrected chi connectivity index (χ1v) is 4.90. The summed E-state index contributed by atoms with van der Waals surface area (Å²) < 4.78 is 15.0. The number of aromatic nitrogens is 2. The van der Waals surface area contributed by atoms with Gasteiger partial charge < -0.3 is 11.5 Å². The van der Waals surface area contributed by atoms with Crippen LogP contribution in [0.4, 0.5) is 10.1 Å². The van der Waals surface area contributed by atoms with Gasteiger partial charge in [-0.05, 0) is 25.1 Å². The maximum atomic E-state index is 13.7. The van der Waals surface area contributed by atoms with Crippen LogP contribution < -0.4 is 11.5 Å². The van der Waals surface area contributed by atoms with E-state index >= 15 is 0 Å². The zero-order valence-corrected chi connectivity index (χ0v) is 9.14. The molecule has 0 spiro atoms. The molecule has 0 aliphatic rings. The van der Waals surface area contributed by atoms with E-state index in [1.54, 1.807) is 19.2 Å². The average molecular weight is 234 g/mol. The van der Waals surface area contributed by atoms with Gasteiger partial charge in [0.25, 0.3) is 5.91 Å². The van der Waals surface area contributed by atoms with Crippen LogP contribution in [0.2, 0.25) is 0 Å². The second-order valence-electron chi connectivity index (χ2n) is 3.66. The number of hydrogen-bond donors (Lipinski definition) is 2. The lowest BCUT2D eigenvalue weighted by Gasteiger charge is -2.07. The molecule has 0 unspecified atom stereocenters. The number of anilines is 1. The van der Waals surface area contributed by atoms with E-state index in [1.807, 2.05) is 0 Å². The highest BCUT2D eigenvalue weighted by Crippen LogP contribution is 2.20. The topological polar surface area (TPSA) is 86.9 Å². The number of nitrogens with two attached hydrogens (primary N) is 2. The van der Waals surface area contributed by atoms with Gasteiger partial charge in [-0.2, -0.15) is 5.10 Å². The van der Waals surface area contributed by atoms with E-state index < -0.39 is 11.7 Å². The smallest absolute Gasteiger partial charge is 0.250 e. The number of halogens is 1. The van der Waals surface area contributed by atoms with Crippen LogP contribution in [-0.4, -0.2) is 15.7 Å². The molecular weight excluding hydrogens is 223 g/mol. The molecule has 0 radical (unpaired) electrons. The van der Waals surface area contributed by atoms with Gasteiger partial charge in [-0.15, -0.1) is 0 Å². The monoisotopic (exact) mass is 234 g/mol. The van der Waals surface area contributed by atoms with Crippen LogP contribution in [0.5, 0.6) is 0 Å². The molecule has 0 saturated heterocycles. The Balaban J connectivity index is 2.62. The molecule has 0 bridgehead atoms. The van der Waals surface area contributed by atoms with Crippen molar-refractivity contribution >= 4 is 11.6 Å². The third kappa shape index (κ3) is 1.96. The van der Waals surface area contributed by atoms with Crippen molar-refractivity contribution in [1.82, 2.24) is 9.78 Å². The number of nitrogen functional groups attached to an aromatic ring is 1. The Bertz CT molecular complexity index is 591. The highest BCUT2D eigenvalue weighted by atomic mass is 19.1. The van der Waals surface area contributed by atoms with Crippen molar-refractivity contribution < 1.29 is 9.18 Å². The van der Waals surface area contributed by atoms with Gasteiger partial charge in [0.1, 0.15) is 5.69 Å². The Kier molecular flexibility index (Phi) is 2.55. The molecule has 0 aliphatic heterocycles. The summed E-state index contributed by atoms with van der Waals surface area (Å²) in [5.74, 6) is -1.26. The molecule has 88 valence electrons. The van der Waals surface area contributed by atoms with Gasteiger partial charge >= 0.3 is 0 Å². The van der Waals surface area contributed by atoms with Gasteiger partial charge in [-0.1, -0.05) is 0 Å². The number of rotatable bonds is 2. The van der Waals surface area contributed by atoms with Crippen molar-refractivity contribution in [2.24, 2.45) is 5.73 Å². The molecule has 5 nitrogen and oxygen atoms in total. The molecule has 1 aromatic carbocycles. The van der Waals surface area contributed by atoms with Gasteiger partial charge in [-0.25, -0.2) is 9.07 Å². The number of primary amides is 1. The predicted octanol–water partition coefficient (Wildman–Crippen LogP) is 1.00. The number of nitrogens with zero attached hydrogens (tertiary/aromatic N) is 2. The quantitative estimate of drug-likeness (QED) is 0.760. The van der Waals surface area contributed by atoms with Crippen LogP contribution >= 0.6 is 0 Å². The highest BCUT2D eigenvalue weighted by molar-refractivity contribution is 5.98. The van der Waals surface area contributed by atoms with Crippen LogP contribution in [0.25, 0.3) is 5.69 Å². The summed E-state index contributed by atoms with van der Waals surface area (Å²) in [6.45, 7) is 1.78. The molecular formula is C11H11FN4O. The molecule has 17 heavy (non-hydrogen) atoms. The van der Waals surface area contributed by atoms with E-state index in [1.165, 1.54) is 10.7 Å². The third-order valence-electron chi connectivity index (χ3n) is 2.35. The van der Waals surface area contributed by atoms with Crippen LogP contribution in [-0.2, 0) is 0 Å². The Morgan fingerprint density at radius 1 is 1.47 bits per heavy atom. The first kappa shape index (κ1) is 11.1. The summed E-state index contributed by atoms with van der Waals surface area (Å²) in [5, 5.41) is 4.06. The summed E-state index contributed by atoms with van der Waals surface area (Å²) in [7, 11) is 0. The SMILES string of the molecule is Cc1ccn(-c2cc(C(N)=O)c(N)cc2F)n1. The number of carbonyl (C=O) groups excluding carboxylic acids is 1. The molecule has 6 heteroatoms. The molecule has 0 atom stereocenters. The van der Waals surface area contributed by atoms with Crippen LogP contribution in [0.15, 0.2) is 24.4 Å². The molecule has 2 rings (SSSR count). The number of aryl methyl sites for hydroxylation is 1. The van der Waals surface area contributed by atoms with E-state index in [-0.39, 0.29) is 16.9 Å².